The third-order valence-electron chi connectivity index (χ3n) is 4.01. The van der Waals surface area contributed by atoms with Gasteiger partial charge >= 0.3 is 0 Å². The van der Waals surface area contributed by atoms with E-state index >= 15 is 0 Å². The molecule has 1 fully saturated rings. The fraction of sp³-hybridized carbons (Fsp3) is 0.733. The van der Waals surface area contributed by atoms with Crippen LogP contribution in [0.15, 0.2) is 10.7 Å². The second kappa shape index (κ2) is 7.36. The molecule has 1 aromatic heterocycles. The lowest BCUT2D eigenvalue weighted by Crippen LogP contribution is -2.35. The highest BCUT2D eigenvalue weighted by atomic mass is 79.9. The molecule has 5 heteroatoms. The molecule has 0 saturated heterocycles. The summed E-state index contributed by atoms with van der Waals surface area (Å²) in [4.78, 5) is 12.9. The molecule has 1 saturated carbocycles. The van der Waals surface area contributed by atoms with E-state index in [0.717, 1.165) is 17.3 Å². The Bertz CT molecular complexity index is 453. The normalized spacial score (nSPS) is 18.1. The average Bonchev–Trinajstić information content (AvgIpc) is 2.86. The lowest BCUT2D eigenvalue weighted by atomic mass is 9.83. The number of carbonyl (C=O) groups is 1. The Morgan fingerprint density at radius 2 is 2.15 bits per heavy atom. The molecule has 0 spiro atoms. The molecule has 0 aromatic carbocycles. The number of aromatic nitrogens is 2. The van der Waals surface area contributed by atoms with E-state index in [1.165, 1.54) is 19.3 Å². The van der Waals surface area contributed by atoms with E-state index in [1.54, 1.807) is 10.9 Å². The number of hydrogen-bond acceptors (Lipinski definition) is 3. The van der Waals surface area contributed by atoms with Gasteiger partial charge in [-0.1, -0.05) is 19.3 Å². The van der Waals surface area contributed by atoms with E-state index in [2.05, 4.69) is 21.0 Å². The van der Waals surface area contributed by atoms with Crippen LogP contribution >= 0.6 is 15.9 Å². The zero-order chi connectivity index (χ0) is 14.5. The third kappa shape index (κ3) is 3.31. The first-order chi connectivity index (χ1) is 9.69. The first-order valence-corrected chi connectivity index (χ1v) is 8.35. The molecule has 20 heavy (non-hydrogen) atoms. The van der Waals surface area contributed by atoms with Gasteiger partial charge in [0.05, 0.1) is 10.7 Å². The third-order valence-corrected chi connectivity index (χ3v) is 4.59. The largest absolute Gasteiger partial charge is 0.370 e. The van der Waals surface area contributed by atoms with Crippen LogP contribution in [0.3, 0.4) is 0 Å². The molecular formula is C15H23BrN2O2. The number of ether oxygens (including phenoxy) is 1. The molecule has 4 nitrogen and oxygen atoms in total. The maximum absolute atomic E-state index is 12.9. The fourth-order valence-corrected chi connectivity index (χ4v) is 3.52. The Morgan fingerprint density at radius 1 is 1.45 bits per heavy atom. The number of Topliss-reactive ketones (excluding diaryl/α,β-unsaturated/α-hetero) is 1. The summed E-state index contributed by atoms with van der Waals surface area (Å²) in [7, 11) is 0. The zero-order valence-electron chi connectivity index (χ0n) is 12.3. The van der Waals surface area contributed by atoms with Crippen molar-refractivity contribution >= 4 is 21.7 Å². The molecule has 1 aliphatic rings. The molecule has 0 aliphatic heterocycles. The number of hydrogen-bond donors (Lipinski definition) is 0. The van der Waals surface area contributed by atoms with Gasteiger partial charge in [-0.05, 0) is 48.5 Å². The summed E-state index contributed by atoms with van der Waals surface area (Å²) in [6.07, 6.45) is 7.24. The topological polar surface area (TPSA) is 44.1 Å². The fourth-order valence-electron chi connectivity index (χ4n) is 3.02. The van der Waals surface area contributed by atoms with E-state index in [-0.39, 0.29) is 11.9 Å². The molecule has 1 aromatic rings. The molecule has 1 heterocycles. The Hall–Kier alpha value is -0.680. The predicted molar refractivity (Wildman–Crippen MR) is 81.9 cm³/mol. The highest BCUT2D eigenvalue weighted by molar-refractivity contribution is 9.10. The summed E-state index contributed by atoms with van der Waals surface area (Å²) < 4.78 is 8.33. The smallest absolute Gasteiger partial charge is 0.210 e. The van der Waals surface area contributed by atoms with Crippen LogP contribution in [0.25, 0.3) is 0 Å². The lowest BCUT2D eigenvalue weighted by Gasteiger charge is -2.29. The molecule has 2 rings (SSSR count). The van der Waals surface area contributed by atoms with Crippen molar-refractivity contribution < 1.29 is 9.53 Å². The summed E-state index contributed by atoms with van der Waals surface area (Å²) in [5.74, 6) is 0.424. The standard InChI is InChI=1S/C15H23BrN2O2/c1-3-18-13(12(16)10-17-18)14(19)15(20-4-2)11-8-6-5-7-9-11/h10-11,15H,3-9H2,1-2H3. The number of ketones is 1. The summed E-state index contributed by atoms with van der Waals surface area (Å²) in [5, 5.41) is 4.24. The maximum atomic E-state index is 12.9. The molecule has 0 radical (unpaired) electrons. The zero-order valence-corrected chi connectivity index (χ0v) is 13.9. The van der Waals surface area contributed by atoms with Crippen molar-refractivity contribution in [2.45, 2.75) is 58.6 Å². The van der Waals surface area contributed by atoms with Crippen molar-refractivity contribution in [2.75, 3.05) is 6.61 Å². The molecule has 1 unspecified atom stereocenters. The van der Waals surface area contributed by atoms with Gasteiger partial charge in [0.25, 0.3) is 0 Å². The Kier molecular flexibility index (Phi) is 5.78. The van der Waals surface area contributed by atoms with Crippen molar-refractivity contribution in [3.05, 3.63) is 16.4 Å². The van der Waals surface area contributed by atoms with Crippen LogP contribution in [0.4, 0.5) is 0 Å². The van der Waals surface area contributed by atoms with E-state index < -0.39 is 0 Å². The quantitative estimate of drug-likeness (QED) is 0.738. The number of aryl methyl sites for hydroxylation is 1. The van der Waals surface area contributed by atoms with Crippen molar-refractivity contribution in [3.63, 3.8) is 0 Å². The molecule has 112 valence electrons. The van der Waals surface area contributed by atoms with E-state index in [1.807, 2.05) is 13.8 Å². The van der Waals surface area contributed by atoms with Crippen LogP contribution in [0.2, 0.25) is 0 Å². The minimum atomic E-state index is -0.321. The monoisotopic (exact) mass is 342 g/mol. The van der Waals surface area contributed by atoms with Crippen LogP contribution in [-0.4, -0.2) is 28.3 Å². The van der Waals surface area contributed by atoms with Crippen LogP contribution in [0.5, 0.6) is 0 Å². The van der Waals surface area contributed by atoms with Crippen LogP contribution < -0.4 is 0 Å². The van der Waals surface area contributed by atoms with Gasteiger partial charge in [-0.15, -0.1) is 0 Å². The van der Waals surface area contributed by atoms with Gasteiger partial charge in [0.2, 0.25) is 5.78 Å². The Morgan fingerprint density at radius 3 is 2.75 bits per heavy atom. The van der Waals surface area contributed by atoms with Crippen molar-refractivity contribution in [3.8, 4) is 0 Å². The molecule has 0 bridgehead atoms. The lowest BCUT2D eigenvalue weighted by molar-refractivity contribution is 0.0118. The van der Waals surface area contributed by atoms with Gasteiger partial charge in [-0.2, -0.15) is 5.10 Å². The second-order valence-corrected chi connectivity index (χ2v) is 6.15. The van der Waals surface area contributed by atoms with Gasteiger partial charge in [-0.25, -0.2) is 0 Å². The number of halogens is 1. The average molecular weight is 343 g/mol. The molecule has 0 amide bonds. The van der Waals surface area contributed by atoms with Gasteiger partial charge < -0.3 is 4.74 Å². The van der Waals surface area contributed by atoms with Crippen LogP contribution in [0.1, 0.15) is 56.4 Å². The molecule has 0 N–H and O–H groups in total. The first kappa shape index (κ1) is 15.7. The Balaban J connectivity index is 2.23. The van der Waals surface area contributed by atoms with Gasteiger partial charge in [-0.3, -0.25) is 9.48 Å². The van der Waals surface area contributed by atoms with Gasteiger partial charge in [0.15, 0.2) is 0 Å². The summed E-state index contributed by atoms with van der Waals surface area (Å²) in [6, 6.07) is 0. The molecule has 1 aliphatic carbocycles. The molecule has 1 atom stereocenters. The van der Waals surface area contributed by atoms with Crippen LogP contribution in [0, 0.1) is 5.92 Å². The van der Waals surface area contributed by atoms with Gasteiger partial charge in [0.1, 0.15) is 11.8 Å². The summed E-state index contributed by atoms with van der Waals surface area (Å²) >= 11 is 3.44. The minimum absolute atomic E-state index is 0.0741. The van der Waals surface area contributed by atoms with E-state index in [9.17, 15) is 4.79 Å². The highest BCUT2D eigenvalue weighted by Crippen LogP contribution is 2.31. The summed E-state index contributed by atoms with van der Waals surface area (Å²) in [5.41, 5.74) is 0.650. The predicted octanol–water partition coefficient (Wildman–Crippen LogP) is 3.83. The van der Waals surface area contributed by atoms with E-state index in [4.69, 9.17) is 4.74 Å². The highest BCUT2D eigenvalue weighted by Gasteiger charge is 2.33. The van der Waals surface area contributed by atoms with Crippen molar-refractivity contribution in [1.82, 2.24) is 9.78 Å². The number of rotatable bonds is 6. The number of nitrogens with zero attached hydrogens (tertiary/aromatic N) is 2. The minimum Gasteiger partial charge on any atom is -0.370 e. The van der Waals surface area contributed by atoms with Crippen molar-refractivity contribution in [1.29, 1.82) is 0 Å². The van der Waals surface area contributed by atoms with E-state index in [0.29, 0.717) is 24.8 Å². The molecular weight excluding hydrogens is 320 g/mol. The van der Waals surface area contributed by atoms with Crippen molar-refractivity contribution in [2.24, 2.45) is 5.92 Å². The van der Waals surface area contributed by atoms with Crippen LogP contribution in [-0.2, 0) is 11.3 Å². The SMILES string of the molecule is CCOC(C(=O)c1c(Br)cnn1CC)C1CCCCC1. The number of carbonyl (C=O) groups excluding carboxylic acids is 1. The second-order valence-electron chi connectivity index (χ2n) is 5.30. The summed E-state index contributed by atoms with van der Waals surface area (Å²) in [6.45, 7) is 5.21. The van der Waals surface area contributed by atoms with Gasteiger partial charge in [0, 0.05) is 13.2 Å². The maximum Gasteiger partial charge on any atom is 0.210 e. The Labute approximate surface area is 129 Å². The first-order valence-electron chi connectivity index (χ1n) is 7.56.